The summed E-state index contributed by atoms with van der Waals surface area (Å²) in [5, 5.41) is 6.87. The third-order valence-electron chi connectivity index (χ3n) is 1.60. The number of hydrogen-bond donors (Lipinski definition) is 1. The summed E-state index contributed by atoms with van der Waals surface area (Å²) in [6.07, 6.45) is 0. The van der Waals surface area contributed by atoms with E-state index in [-0.39, 0.29) is 11.3 Å². The van der Waals surface area contributed by atoms with Gasteiger partial charge in [-0.2, -0.15) is 0 Å². The zero-order chi connectivity index (χ0) is 10.7. The number of phenolic OH excluding ortho intramolecular Hbond substituents is 1. The molecule has 1 aromatic carbocycles. The Labute approximate surface area is 90.3 Å². The number of ketones is 1. The Morgan fingerprint density at radius 1 is 1.29 bits per heavy atom. The zero-order valence-electron chi connectivity index (χ0n) is 6.91. The van der Waals surface area contributed by atoms with Crippen LogP contribution in [-0.4, -0.2) is 21.5 Å². The van der Waals surface area contributed by atoms with Crippen LogP contribution in [0, 0.1) is 0 Å². The van der Waals surface area contributed by atoms with E-state index in [1.165, 1.54) is 12.1 Å². The van der Waals surface area contributed by atoms with E-state index in [0.717, 1.165) is 0 Å². The summed E-state index contributed by atoms with van der Waals surface area (Å²) in [4.78, 5) is 22.0. The second-order valence-corrected chi connectivity index (χ2v) is 3.36. The van der Waals surface area contributed by atoms with Crippen LogP contribution in [0.2, 0.25) is 0 Å². The number of benzene rings is 1. The normalized spacial score (nSPS) is 12.1. The minimum atomic E-state index is -1.45. The second kappa shape index (κ2) is 4.44. The summed E-state index contributed by atoms with van der Waals surface area (Å²) in [6, 6.07) is 5.80. The lowest BCUT2D eigenvalue weighted by Gasteiger charge is -2.04. The molecule has 14 heavy (non-hydrogen) atoms. The molecule has 1 atom stereocenters. The van der Waals surface area contributed by atoms with E-state index >= 15 is 0 Å². The van der Waals surface area contributed by atoms with E-state index in [9.17, 15) is 14.7 Å². The second-order valence-electron chi connectivity index (χ2n) is 2.55. The summed E-state index contributed by atoms with van der Waals surface area (Å²) >= 11 is 10.5. The van der Waals surface area contributed by atoms with Crippen molar-refractivity contribution < 1.29 is 14.7 Å². The molecule has 0 bridgehead atoms. The lowest BCUT2D eigenvalue weighted by molar-refractivity contribution is -0.110. The first-order chi connectivity index (χ1) is 6.54. The molecule has 0 spiro atoms. The van der Waals surface area contributed by atoms with Crippen LogP contribution in [0.1, 0.15) is 10.4 Å². The van der Waals surface area contributed by atoms with Gasteiger partial charge in [0.1, 0.15) is 5.75 Å². The molecule has 1 rings (SSSR count). The van der Waals surface area contributed by atoms with Gasteiger partial charge >= 0.3 is 0 Å². The fraction of sp³-hybridized carbons (Fsp3) is 0.111. The molecule has 1 aromatic rings. The molecule has 3 nitrogen and oxygen atoms in total. The molecule has 74 valence electrons. The van der Waals surface area contributed by atoms with E-state index in [1.807, 2.05) is 0 Å². The number of hydrogen-bond acceptors (Lipinski definition) is 3. The van der Waals surface area contributed by atoms with Crippen LogP contribution in [-0.2, 0) is 4.79 Å². The Kier molecular flexibility index (Phi) is 3.49. The fourth-order valence-corrected chi connectivity index (χ4v) is 1.14. The highest BCUT2D eigenvalue weighted by Gasteiger charge is 2.25. The molecule has 0 aliphatic carbocycles. The Morgan fingerprint density at radius 2 is 1.86 bits per heavy atom. The van der Waals surface area contributed by atoms with Gasteiger partial charge in [-0.3, -0.25) is 9.59 Å². The molecular weight excluding hydrogens is 227 g/mol. The first-order valence-electron chi connectivity index (χ1n) is 3.69. The van der Waals surface area contributed by atoms with E-state index in [4.69, 9.17) is 23.2 Å². The number of rotatable bonds is 3. The lowest BCUT2D eigenvalue weighted by Crippen LogP contribution is -2.20. The van der Waals surface area contributed by atoms with Gasteiger partial charge in [-0.1, -0.05) is 12.1 Å². The van der Waals surface area contributed by atoms with Gasteiger partial charge in [0, 0.05) is 0 Å². The average molecular weight is 233 g/mol. The van der Waals surface area contributed by atoms with Crippen molar-refractivity contribution in [3.63, 3.8) is 0 Å². The highest BCUT2D eigenvalue weighted by molar-refractivity contribution is 6.72. The third kappa shape index (κ3) is 2.25. The van der Waals surface area contributed by atoms with Crippen molar-refractivity contribution in [2.45, 2.75) is 5.38 Å². The van der Waals surface area contributed by atoms with Gasteiger partial charge in [0.2, 0.25) is 5.24 Å². The Balaban J connectivity index is 3.01. The maximum Gasteiger partial charge on any atom is 0.247 e. The summed E-state index contributed by atoms with van der Waals surface area (Å²) in [5.41, 5.74) is -0.0125. The number of Topliss-reactive ketones (excluding diaryl/α,β-unsaturated/α-hetero) is 1. The smallest absolute Gasteiger partial charge is 0.247 e. The van der Waals surface area contributed by atoms with Crippen LogP contribution in [0.25, 0.3) is 0 Å². The van der Waals surface area contributed by atoms with E-state index in [1.54, 1.807) is 12.1 Å². The van der Waals surface area contributed by atoms with Crippen LogP contribution < -0.4 is 0 Å². The zero-order valence-corrected chi connectivity index (χ0v) is 8.42. The van der Waals surface area contributed by atoms with Gasteiger partial charge in [-0.05, 0) is 23.7 Å². The van der Waals surface area contributed by atoms with Crippen molar-refractivity contribution in [2.24, 2.45) is 0 Å². The molecule has 5 heteroatoms. The number of alkyl halides is 1. The third-order valence-corrected chi connectivity index (χ3v) is 2.33. The van der Waals surface area contributed by atoms with Crippen molar-refractivity contribution in [2.75, 3.05) is 0 Å². The number of halogens is 2. The molecule has 0 saturated carbocycles. The monoisotopic (exact) mass is 232 g/mol. The SMILES string of the molecule is O=C(Cl)C(Cl)C(=O)c1ccccc1O. The predicted octanol–water partition coefficient (Wildman–Crippen LogP) is 1.95. The van der Waals surface area contributed by atoms with Crippen LogP contribution in [0.4, 0.5) is 0 Å². The molecule has 0 heterocycles. The highest BCUT2D eigenvalue weighted by atomic mass is 35.5. The van der Waals surface area contributed by atoms with Crippen molar-refractivity contribution in [3.8, 4) is 5.75 Å². The average Bonchev–Trinajstić information content (AvgIpc) is 2.16. The first kappa shape index (κ1) is 11.0. The van der Waals surface area contributed by atoms with Crippen molar-refractivity contribution >= 4 is 34.2 Å². The largest absolute Gasteiger partial charge is 0.507 e. The molecule has 0 saturated heterocycles. The van der Waals surface area contributed by atoms with E-state index in [0.29, 0.717) is 0 Å². The van der Waals surface area contributed by atoms with Gasteiger partial charge in [-0.25, -0.2) is 0 Å². The van der Waals surface area contributed by atoms with Gasteiger partial charge in [0.25, 0.3) is 0 Å². The van der Waals surface area contributed by atoms with Crippen LogP contribution >= 0.6 is 23.2 Å². The van der Waals surface area contributed by atoms with Gasteiger partial charge in [-0.15, -0.1) is 11.6 Å². The van der Waals surface area contributed by atoms with Crippen LogP contribution in [0.3, 0.4) is 0 Å². The van der Waals surface area contributed by atoms with Gasteiger partial charge < -0.3 is 5.11 Å². The minimum Gasteiger partial charge on any atom is -0.507 e. The predicted molar refractivity (Wildman–Crippen MR) is 52.9 cm³/mol. The molecular formula is C9H6Cl2O3. The van der Waals surface area contributed by atoms with Crippen molar-refractivity contribution in [1.29, 1.82) is 0 Å². The minimum absolute atomic E-state index is 0.0125. The van der Waals surface area contributed by atoms with Crippen LogP contribution in [0.15, 0.2) is 24.3 Å². The Morgan fingerprint density at radius 3 is 2.36 bits per heavy atom. The first-order valence-corrected chi connectivity index (χ1v) is 4.51. The fourth-order valence-electron chi connectivity index (χ4n) is 0.922. The molecule has 0 aromatic heterocycles. The molecule has 0 radical (unpaired) electrons. The van der Waals surface area contributed by atoms with Crippen molar-refractivity contribution in [3.05, 3.63) is 29.8 Å². The summed E-state index contributed by atoms with van der Waals surface area (Å²) in [5.74, 6) is -0.925. The number of para-hydroxylation sites is 1. The number of carbonyl (C=O) groups excluding carboxylic acids is 2. The lowest BCUT2D eigenvalue weighted by atomic mass is 10.1. The van der Waals surface area contributed by atoms with Crippen LogP contribution in [0.5, 0.6) is 5.75 Å². The quantitative estimate of drug-likeness (QED) is 0.375. The maximum absolute atomic E-state index is 11.4. The van der Waals surface area contributed by atoms with E-state index in [2.05, 4.69) is 0 Å². The number of aromatic hydroxyl groups is 1. The summed E-state index contributed by atoms with van der Waals surface area (Å²) in [6.45, 7) is 0. The highest BCUT2D eigenvalue weighted by Crippen LogP contribution is 2.20. The molecule has 0 aliphatic heterocycles. The molecule has 0 fully saturated rings. The van der Waals surface area contributed by atoms with E-state index < -0.39 is 16.4 Å². The Hall–Kier alpha value is -1.06. The molecule has 0 amide bonds. The van der Waals surface area contributed by atoms with Crippen molar-refractivity contribution in [1.82, 2.24) is 0 Å². The maximum atomic E-state index is 11.4. The molecule has 1 unspecified atom stereocenters. The summed E-state index contributed by atoms with van der Waals surface area (Å²) < 4.78 is 0. The van der Waals surface area contributed by atoms with Gasteiger partial charge in [0.15, 0.2) is 11.2 Å². The molecule has 0 aliphatic rings. The number of carbonyl (C=O) groups is 2. The van der Waals surface area contributed by atoms with Gasteiger partial charge in [0.05, 0.1) is 5.56 Å². The standard InChI is InChI=1S/C9H6Cl2O3/c10-7(9(11)14)8(13)5-3-1-2-4-6(5)12/h1-4,7,12H. The number of phenols is 1. The Bertz CT molecular complexity index is 376. The topological polar surface area (TPSA) is 54.4 Å². The molecule has 1 N–H and O–H groups in total. The summed E-state index contributed by atoms with van der Waals surface area (Å²) in [7, 11) is 0.